The molecule has 0 spiro atoms. The van der Waals surface area contributed by atoms with E-state index < -0.39 is 0 Å². The van der Waals surface area contributed by atoms with Gasteiger partial charge in [0.25, 0.3) is 5.91 Å². The molecule has 1 aromatic heterocycles. The fourth-order valence-corrected chi connectivity index (χ4v) is 5.57. The Morgan fingerprint density at radius 2 is 1.62 bits per heavy atom. The number of anilines is 1. The number of hydrogen-bond acceptors (Lipinski definition) is 4. The molecule has 1 N–H and O–H groups in total. The standard InChI is InChI=1S/C24H33N3OS/c28-23(25-13-10-16-26-14-6-2-7-15-26)22-19-21(20-11-4-1-5-12-20)24(29-22)27-17-8-3-9-18-27/h1,4-5,11-12,19H,2-3,6-10,13-18H2,(H,25,28). The number of thiophene rings is 1. The summed E-state index contributed by atoms with van der Waals surface area (Å²) in [6.45, 7) is 6.48. The van der Waals surface area contributed by atoms with E-state index in [1.165, 1.54) is 67.7 Å². The number of hydrogen-bond donors (Lipinski definition) is 1. The zero-order chi connectivity index (χ0) is 19.9. The number of nitrogens with one attached hydrogen (secondary N) is 1. The van der Waals surface area contributed by atoms with Crippen LogP contribution in [0.2, 0.25) is 0 Å². The van der Waals surface area contributed by atoms with Crippen molar-refractivity contribution >= 4 is 22.2 Å². The highest BCUT2D eigenvalue weighted by Crippen LogP contribution is 2.40. The van der Waals surface area contributed by atoms with Gasteiger partial charge in [0.2, 0.25) is 0 Å². The van der Waals surface area contributed by atoms with Crippen molar-refractivity contribution in [2.24, 2.45) is 0 Å². The summed E-state index contributed by atoms with van der Waals surface area (Å²) in [4.78, 5) is 18.7. The lowest BCUT2D eigenvalue weighted by atomic mass is 10.1. The van der Waals surface area contributed by atoms with Crippen LogP contribution in [-0.4, -0.2) is 50.1 Å². The van der Waals surface area contributed by atoms with Crippen molar-refractivity contribution in [1.29, 1.82) is 0 Å². The number of carbonyl (C=O) groups is 1. The molecule has 156 valence electrons. The topological polar surface area (TPSA) is 35.6 Å². The molecular formula is C24H33N3OS. The first-order chi connectivity index (χ1) is 14.3. The largest absolute Gasteiger partial charge is 0.363 e. The van der Waals surface area contributed by atoms with Gasteiger partial charge in [-0.25, -0.2) is 0 Å². The molecule has 4 nitrogen and oxygen atoms in total. The highest BCUT2D eigenvalue weighted by atomic mass is 32.1. The van der Waals surface area contributed by atoms with E-state index in [1.54, 1.807) is 11.3 Å². The van der Waals surface area contributed by atoms with Gasteiger partial charge in [0.1, 0.15) is 0 Å². The predicted octanol–water partition coefficient (Wildman–Crippen LogP) is 5.01. The van der Waals surface area contributed by atoms with E-state index in [1.807, 2.05) is 6.07 Å². The molecular weight excluding hydrogens is 378 g/mol. The number of benzene rings is 1. The number of likely N-dealkylation sites (tertiary alicyclic amines) is 1. The van der Waals surface area contributed by atoms with E-state index >= 15 is 0 Å². The Morgan fingerprint density at radius 1 is 0.931 bits per heavy atom. The summed E-state index contributed by atoms with van der Waals surface area (Å²) < 4.78 is 0. The molecule has 5 heteroatoms. The summed E-state index contributed by atoms with van der Waals surface area (Å²) in [5, 5.41) is 4.42. The summed E-state index contributed by atoms with van der Waals surface area (Å²) in [7, 11) is 0. The third-order valence-electron chi connectivity index (χ3n) is 6.05. The maximum absolute atomic E-state index is 12.8. The van der Waals surface area contributed by atoms with E-state index in [-0.39, 0.29) is 5.91 Å². The van der Waals surface area contributed by atoms with Crippen LogP contribution in [0.3, 0.4) is 0 Å². The predicted molar refractivity (Wildman–Crippen MR) is 123 cm³/mol. The highest BCUT2D eigenvalue weighted by molar-refractivity contribution is 7.18. The van der Waals surface area contributed by atoms with E-state index in [9.17, 15) is 4.79 Å². The summed E-state index contributed by atoms with van der Waals surface area (Å²) in [5.41, 5.74) is 2.41. The van der Waals surface area contributed by atoms with Crippen molar-refractivity contribution in [3.63, 3.8) is 0 Å². The van der Waals surface area contributed by atoms with Gasteiger partial charge in [-0.2, -0.15) is 0 Å². The average Bonchev–Trinajstić information content (AvgIpc) is 3.24. The van der Waals surface area contributed by atoms with Gasteiger partial charge in [-0.3, -0.25) is 4.79 Å². The Kier molecular flexibility index (Phi) is 7.23. The lowest BCUT2D eigenvalue weighted by Crippen LogP contribution is -2.33. The van der Waals surface area contributed by atoms with Crippen LogP contribution in [0.25, 0.3) is 11.1 Å². The van der Waals surface area contributed by atoms with Gasteiger partial charge in [-0.1, -0.05) is 36.8 Å². The molecule has 0 saturated carbocycles. The molecule has 4 rings (SSSR count). The summed E-state index contributed by atoms with van der Waals surface area (Å²) in [6.07, 6.45) is 8.84. The van der Waals surface area contributed by atoms with Crippen LogP contribution in [-0.2, 0) is 0 Å². The number of piperidine rings is 2. The van der Waals surface area contributed by atoms with Gasteiger partial charge < -0.3 is 15.1 Å². The van der Waals surface area contributed by atoms with Crippen molar-refractivity contribution in [1.82, 2.24) is 10.2 Å². The lowest BCUT2D eigenvalue weighted by Gasteiger charge is -2.28. The molecule has 2 fully saturated rings. The third-order valence-corrected chi connectivity index (χ3v) is 7.24. The smallest absolute Gasteiger partial charge is 0.261 e. The first kappa shape index (κ1) is 20.4. The monoisotopic (exact) mass is 411 g/mol. The van der Waals surface area contributed by atoms with Crippen LogP contribution in [0.1, 0.15) is 54.6 Å². The Morgan fingerprint density at radius 3 is 2.34 bits per heavy atom. The van der Waals surface area contributed by atoms with Crippen LogP contribution in [0.4, 0.5) is 5.00 Å². The van der Waals surface area contributed by atoms with Crippen molar-refractivity contribution in [2.45, 2.75) is 44.9 Å². The highest BCUT2D eigenvalue weighted by Gasteiger charge is 2.21. The molecule has 2 saturated heterocycles. The van der Waals surface area contributed by atoms with Crippen LogP contribution in [0, 0.1) is 0 Å². The molecule has 29 heavy (non-hydrogen) atoms. The Balaban J connectivity index is 1.41. The quantitative estimate of drug-likeness (QED) is 0.651. The van der Waals surface area contributed by atoms with Crippen LogP contribution in [0.15, 0.2) is 36.4 Å². The molecule has 3 heterocycles. The van der Waals surface area contributed by atoms with E-state index in [0.717, 1.165) is 37.5 Å². The minimum absolute atomic E-state index is 0.0779. The normalized spacial score (nSPS) is 18.0. The SMILES string of the molecule is O=C(NCCCN1CCCCC1)c1cc(-c2ccccc2)c(N2CCCCC2)s1. The fraction of sp³-hybridized carbons (Fsp3) is 0.542. The molecule has 1 amide bonds. The van der Waals surface area contributed by atoms with Crippen molar-refractivity contribution < 1.29 is 4.79 Å². The molecule has 1 aromatic carbocycles. The van der Waals surface area contributed by atoms with E-state index in [4.69, 9.17) is 0 Å². The van der Waals surface area contributed by atoms with Gasteiger partial charge in [0, 0.05) is 25.2 Å². The first-order valence-electron chi connectivity index (χ1n) is 11.3. The van der Waals surface area contributed by atoms with Gasteiger partial charge in [0.15, 0.2) is 0 Å². The van der Waals surface area contributed by atoms with Crippen LogP contribution >= 0.6 is 11.3 Å². The van der Waals surface area contributed by atoms with Crippen molar-refractivity contribution in [3.8, 4) is 11.1 Å². The fourth-order valence-electron chi connectivity index (χ4n) is 4.42. The van der Waals surface area contributed by atoms with E-state index in [2.05, 4.69) is 45.4 Å². The number of nitrogens with zero attached hydrogens (tertiary/aromatic N) is 2. The van der Waals surface area contributed by atoms with Gasteiger partial charge in [0.05, 0.1) is 9.88 Å². The maximum atomic E-state index is 12.8. The third kappa shape index (κ3) is 5.40. The van der Waals surface area contributed by atoms with Gasteiger partial charge in [-0.15, -0.1) is 11.3 Å². The van der Waals surface area contributed by atoms with Crippen molar-refractivity contribution in [2.75, 3.05) is 44.2 Å². The maximum Gasteiger partial charge on any atom is 0.261 e. The zero-order valence-corrected chi connectivity index (χ0v) is 18.2. The summed E-state index contributed by atoms with van der Waals surface area (Å²) in [6, 6.07) is 12.6. The number of amides is 1. The van der Waals surface area contributed by atoms with Crippen LogP contribution < -0.4 is 10.2 Å². The minimum atomic E-state index is 0.0779. The molecule has 0 atom stereocenters. The lowest BCUT2D eigenvalue weighted by molar-refractivity contribution is 0.0955. The number of carbonyl (C=O) groups excluding carboxylic acids is 1. The van der Waals surface area contributed by atoms with Crippen LogP contribution in [0.5, 0.6) is 0 Å². The minimum Gasteiger partial charge on any atom is -0.363 e. The molecule has 2 aliphatic heterocycles. The zero-order valence-electron chi connectivity index (χ0n) is 17.4. The molecule has 0 bridgehead atoms. The Hall–Kier alpha value is -1.85. The second-order valence-electron chi connectivity index (χ2n) is 8.25. The Labute approximate surface area is 178 Å². The summed E-state index contributed by atoms with van der Waals surface area (Å²) >= 11 is 1.66. The molecule has 2 aliphatic rings. The number of rotatable bonds is 7. The van der Waals surface area contributed by atoms with Crippen molar-refractivity contribution in [3.05, 3.63) is 41.3 Å². The second-order valence-corrected chi connectivity index (χ2v) is 9.29. The molecule has 0 aliphatic carbocycles. The van der Waals surface area contributed by atoms with E-state index in [0.29, 0.717) is 0 Å². The second kappa shape index (κ2) is 10.3. The van der Waals surface area contributed by atoms with Gasteiger partial charge >= 0.3 is 0 Å². The first-order valence-corrected chi connectivity index (χ1v) is 12.1. The Bertz CT molecular complexity index is 777. The molecule has 0 unspecified atom stereocenters. The van der Waals surface area contributed by atoms with Gasteiger partial charge in [-0.05, 0) is 69.8 Å². The summed E-state index contributed by atoms with van der Waals surface area (Å²) in [5.74, 6) is 0.0779. The average molecular weight is 412 g/mol. The molecule has 2 aromatic rings. The molecule has 0 radical (unpaired) electrons.